The molecule has 3 amide bonds. The van der Waals surface area contributed by atoms with Gasteiger partial charge in [-0.25, -0.2) is 4.79 Å². The number of thioether (sulfide) groups is 1. The van der Waals surface area contributed by atoms with E-state index in [1.54, 1.807) is 0 Å². The molecule has 0 radical (unpaired) electrons. The van der Waals surface area contributed by atoms with Gasteiger partial charge in [-0.05, 0) is 43.6 Å². The molecule has 0 saturated carbocycles. The van der Waals surface area contributed by atoms with Crippen molar-refractivity contribution in [3.63, 3.8) is 0 Å². The summed E-state index contributed by atoms with van der Waals surface area (Å²) in [5.41, 5.74) is 16.3. The van der Waals surface area contributed by atoms with Gasteiger partial charge in [-0.15, -0.1) is 0 Å². The molecule has 13 nitrogen and oxygen atoms in total. The molecule has 14 heteroatoms. The molecule has 0 aromatic carbocycles. The lowest BCUT2D eigenvalue weighted by Crippen LogP contribution is -2.58. The second kappa shape index (κ2) is 16.9. The van der Waals surface area contributed by atoms with Gasteiger partial charge < -0.3 is 43.4 Å². The van der Waals surface area contributed by atoms with Crippen LogP contribution in [0.5, 0.6) is 0 Å². The number of carbonyl (C=O) groups is 4. The quantitative estimate of drug-likeness (QED) is 0.0597. The Bertz CT molecular complexity index is 703. The Morgan fingerprint density at radius 1 is 0.941 bits per heavy atom. The van der Waals surface area contributed by atoms with Crippen LogP contribution in [0.25, 0.3) is 0 Å². The number of carboxylic acid groups (broad SMARTS) is 1. The number of amides is 3. The molecular weight excluding hydrogens is 466 g/mol. The number of aliphatic carboxylic acids is 1. The highest BCUT2D eigenvalue weighted by Crippen LogP contribution is 2.08. The first-order valence-corrected chi connectivity index (χ1v) is 12.4. The van der Waals surface area contributed by atoms with Crippen LogP contribution in [0.3, 0.4) is 0 Å². The van der Waals surface area contributed by atoms with E-state index in [9.17, 15) is 29.4 Å². The topological polar surface area (TPSA) is 235 Å². The first-order chi connectivity index (χ1) is 15.9. The highest BCUT2D eigenvalue weighted by molar-refractivity contribution is 7.98. The molecule has 0 aliphatic carbocycles. The molecule has 0 bridgehead atoms. The van der Waals surface area contributed by atoms with Gasteiger partial charge >= 0.3 is 5.97 Å². The van der Waals surface area contributed by atoms with Gasteiger partial charge in [0.1, 0.15) is 18.1 Å². The molecule has 0 aliphatic rings. The normalized spacial score (nSPS) is 14.4. The van der Waals surface area contributed by atoms with Crippen molar-refractivity contribution in [3.8, 4) is 0 Å². The minimum Gasteiger partial charge on any atom is -0.480 e. The molecule has 0 aromatic rings. The SMILES string of the molecule is CSCCC(NC(=O)C(CC(C)C)NC(=O)C(CO)NC(=O)C(N)CCCN=C(N)N)C(=O)O. The van der Waals surface area contributed by atoms with Crippen LogP contribution in [-0.4, -0.2) is 89.2 Å². The summed E-state index contributed by atoms with van der Waals surface area (Å²) in [4.78, 5) is 53.0. The number of hydrogen-bond acceptors (Lipinski definition) is 8. The molecule has 0 fully saturated rings. The van der Waals surface area contributed by atoms with Crippen LogP contribution in [0.15, 0.2) is 4.99 Å². The van der Waals surface area contributed by atoms with E-state index >= 15 is 0 Å². The molecule has 0 heterocycles. The summed E-state index contributed by atoms with van der Waals surface area (Å²) >= 11 is 1.45. The number of guanidine groups is 1. The fourth-order valence-electron chi connectivity index (χ4n) is 2.86. The molecule has 196 valence electrons. The molecule has 4 atom stereocenters. The number of nitrogens with two attached hydrogens (primary N) is 3. The number of nitrogens with one attached hydrogen (secondary N) is 3. The fraction of sp³-hybridized carbons (Fsp3) is 0.750. The predicted octanol–water partition coefficient (Wildman–Crippen LogP) is -2.30. The van der Waals surface area contributed by atoms with Gasteiger partial charge in [-0.3, -0.25) is 19.4 Å². The van der Waals surface area contributed by atoms with E-state index < -0.39 is 54.5 Å². The van der Waals surface area contributed by atoms with E-state index in [1.165, 1.54) is 11.8 Å². The highest BCUT2D eigenvalue weighted by atomic mass is 32.2. The fourth-order valence-corrected chi connectivity index (χ4v) is 3.34. The van der Waals surface area contributed by atoms with Gasteiger partial charge in [0.2, 0.25) is 17.7 Å². The summed E-state index contributed by atoms with van der Waals surface area (Å²) in [7, 11) is 0. The Hall–Kier alpha value is -2.58. The lowest BCUT2D eigenvalue weighted by molar-refractivity contribution is -0.142. The summed E-state index contributed by atoms with van der Waals surface area (Å²) in [5.74, 6) is -2.84. The van der Waals surface area contributed by atoms with Crippen LogP contribution in [0.1, 0.15) is 39.5 Å². The lowest BCUT2D eigenvalue weighted by atomic mass is 10.0. The standard InChI is InChI=1S/C20H39N7O6S/c1-11(2)9-14(17(30)25-13(19(32)33)6-8-34-3)26-18(31)15(10-28)27-16(29)12(21)5-4-7-24-20(22)23/h11-15,28H,4-10,21H2,1-3H3,(H,25,30)(H,26,31)(H,27,29)(H,32,33)(H4,22,23,24). The minimum atomic E-state index is -1.34. The molecule has 0 aliphatic heterocycles. The molecule has 34 heavy (non-hydrogen) atoms. The van der Waals surface area contributed by atoms with Crippen molar-refractivity contribution in [2.45, 2.75) is 63.7 Å². The van der Waals surface area contributed by atoms with Crippen LogP contribution in [0.4, 0.5) is 0 Å². The molecule has 0 saturated heterocycles. The van der Waals surface area contributed by atoms with E-state index in [2.05, 4.69) is 20.9 Å². The molecule has 11 N–H and O–H groups in total. The first kappa shape index (κ1) is 31.4. The second-order valence-electron chi connectivity index (χ2n) is 8.17. The van der Waals surface area contributed by atoms with Crippen molar-refractivity contribution in [3.05, 3.63) is 0 Å². The van der Waals surface area contributed by atoms with Gasteiger partial charge in [-0.2, -0.15) is 11.8 Å². The zero-order chi connectivity index (χ0) is 26.3. The Labute approximate surface area is 204 Å². The van der Waals surface area contributed by atoms with Crippen LogP contribution >= 0.6 is 11.8 Å². The summed E-state index contributed by atoms with van der Waals surface area (Å²) in [6, 6.07) is -4.45. The Morgan fingerprint density at radius 2 is 1.50 bits per heavy atom. The largest absolute Gasteiger partial charge is 0.480 e. The predicted molar refractivity (Wildman–Crippen MR) is 131 cm³/mol. The number of hydrogen-bond donors (Lipinski definition) is 8. The van der Waals surface area contributed by atoms with Crippen molar-refractivity contribution in [2.75, 3.05) is 25.2 Å². The number of aliphatic hydroxyl groups excluding tert-OH is 1. The first-order valence-electron chi connectivity index (χ1n) is 11.0. The Balaban J connectivity index is 5.11. The van der Waals surface area contributed by atoms with Crippen molar-refractivity contribution < 1.29 is 29.4 Å². The van der Waals surface area contributed by atoms with Gasteiger partial charge in [0.05, 0.1) is 12.6 Å². The summed E-state index contributed by atoms with van der Waals surface area (Å²) in [6.07, 6.45) is 2.94. The minimum absolute atomic E-state index is 0.00803. The monoisotopic (exact) mass is 505 g/mol. The van der Waals surface area contributed by atoms with E-state index in [0.29, 0.717) is 12.2 Å². The van der Waals surface area contributed by atoms with Gasteiger partial charge in [0.25, 0.3) is 0 Å². The third kappa shape index (κ3) is 13.2. The number of carbonyl (C=O) groups excluding carboxylic acids is 3. The van der Waals surface area contributed by atoms with Gasteiger partial charge in [-0.1, -0.05) is 13.8 Å². The molecular formula is C20H39N7O6S. The average Bonchev–Trinajstić information content (AvgIpc) is 2.75. The third-order valence-corrected chi connectivity index (χ3v) is 5.33. The van der Waals surface area contributed by atoms with E-state index in [4.69, 9.17) is 17.2 Å². The molecule has 0 spiro atoms. The summed E-state index contributed by atoms with van der Waals surface area (Å²) < 4.78 is 0. The van der Waals surface area contributed by atoms with Gasteiger partial charge in [0, 0.05) is 6.54 Å². The number of carboxylic acids is 1. The van der Waals surface area contributed by atoms with Crippen LogP contribution < -0.4 is 33.2 Å². The maximum absolute atomic E-state index is 12.7. The average molecular weight is 506 g/mol. The van der Waals surface area contributed by atoms with Crippen molar-refractivity contribution in [1.29, 1.82) is 0 Å². The summed E-state index contributed by atoms with van der Waals surface area (Å²) in [5, 5.41) is 26.3. The smallest absolute Gasteiger partial charge is 0.326 e. The maximum Gasteiger partial charge on any atom is 0.326 e. The van der Waals surface area contributed by atoms with Crippen molar-refractivity contribution in [2.24, 2.45) is 28.1 Å². The van der Waals surface area contributed by atoms with Crippen molar-refractivity contribution >= 4 is 41.4 Å². The molecule has 0 aromatic heterocycles. The summed E-state index contributed by atoms with van der Waals surface area (Å²) in [6.45, 7) is 3.23. The number of nitrogens with zero attached hydrogens (tertiary/aromatic N) is 1. The molecule has 0 rings (SSSR count). The lowest BCUT2D eigenvalue weighted by Gasteiger charge is -2.25. The van der Waals surface area contributed by atoms with Gasteiger partial charge in [0.15, 0.2) is 5.96 Å². The van der Waals surface area contributed by atoms with E-state index in [0.717, 1.165) is 0 Å². The number of aliphatic hydroxyl groups is 1. The van der Waals surface area contributed by atoms with E-state index in [1.807, 2.05) is 20.1 Å². The second-order valence-corrected chi connectivity index (χ2v) is 9.16. The van der Waals surface area contributed by atoms with Crippen LogP contribution in [-0.2, 0) is 19.2 Å². The maximum atomic E-state index is 12.7. The van der Waals surface area contributed by atoms with Crippen molar-refractivity contribution in [1.82, 2.24) is 16.0 Å². The number of aliphatic imine (C=N–C) groups is 1. The number of rotatable bonds is 17. The zero-order valence-electron chi connectivity index (χ0n) is 20.0. The third-order valence-electron chi connectivity index (χ3n) is 4.69. The van der Waals surface area contributed by atoms with E-state index in [-0.39, 0.29) is 37.7 Å². The Morgan fingerprint density at radius 3 is 2.00 bits per heavy atom. The highest BCUT2D eigenvalue weighted by Gasteiger charge is 2.30. The van der Waals surface area contributed by atoms with Crippen LogP contribution in [0, 0.1) is 5.92 Å². The van der Waals surface area contributed by atoms with Crippen LogP contribution in [0.2, 0.25) is 0 Å². The molecule has 4 unspecified atom stereocenters. The zero-order valence-corrected chi connectivity index (χ0v) is 20.8. The Kier molecular flexibility index (Phi) is 15.7.